The maximum Gasteiger partial charge on any atom is 0.416 e. The number of hydrogen-bond donors (Lipinski definition) is 1. The molecule has 0 radical (unpaired) electrons. The summed E-state index contributed by atoms with van der Waals surface area (Å²) in [6.07, 6.45) is -0.980. The molecule has 0 spiro atoms. The largest absolute Gasteiger partial charge is 0.507 e. The molecule has 7 heteroatoms. The first kappa shape index (κ1) is 21.2. The quantitative estimate of drug-likeness (QED) is 0.626. The van der Waals surface area contributed by atoms with E-state index in [1.165, 1.54) is 6.07 Å². The molecule has 2 aromatic carbocycles. The molecule has 1 aliphatic rings. The molecule has 1 aromatic heterocycles. The number of likely N-dealkylation sites (tertiary alicyclic amines) is 1. The lowest BCUT2D eigenvalue weighted by molar-refractivity contribution is -0.137. The van der Waals surface area contributed by atoms with Gasteiger partial charge in [-0.25, -0.2) is 0 Å². The van der Waals surface area contributed by atoms with Crippen LogP contribution in [0.4, 0.5) is 13.2 Å². The first-order valence-corrected chi connectivity index (χ1v) is 10.1. The standard InChI is InChI=1S/C24H23F3N2O2/c1-28-11-5-8-19(15-28)29-14-17(16-6-3-2-4-7-16)12-21(23(29)31)20-10-9-18(13-22(20)30)24(25,26)27/h2-4,6-7,9-10,12-14,19,30H,5,8,11,15H2,1H3. The van der Waals surface area contributed by atoms with Crippen molar-refractivity contribution in [2.24, 2.45) is 0 Å². The molecule has 1 N–H and O–H groups in total. The SMILES string of the molecule is CN1CCCC(n2cc(-c3ccccc3)cc(-c3ccc(C(F)(F)F)cc3O)c2=O)C1. The number of pyridine rings is 1. The van der Waals surface area contributed by atoms with Crippen LogP contribution in [0, 0.1) is 0 Å². The van der Waals surface area contributed by atoms with Crippen LogP contribution in [0.25, 0.3) is 22.3 Å². The van der Waals surface area contributed by atoms with Crippen LogP contribution in [0.1, 0.15) is 24.4 Å². The maximum absolute atomic E-state index is 13.4. The number of benzene rings is 2. The summed E-state index contributed by atoms with van der Waals surface area (Å²) in [5.41, 5.74) is 0.641. The highest BCUT2D eigenvalue weighted by Gasteiger charge is 2.31. The van der Waals surface area contributed by atoms with Crippen molar-refractivity contribution in [2.75, 3.05) is 20.1 Å². The Morgan fingerprint density at radius 2 is 1.74 bits per heavy atom. The average Bonchev–Trinajstić information content (AvgIpc) is 2.74. The number of phenolic OH excluding ortho intramolecular Hbond substituents is 1. The molecule has 0 bridgehead atoms. The topological polar surface area (TPSA) is 45.5 Å². The van der Waals surface area contributed by atoms with Crippen molar-refractivity contribution < 1.29 is 18.3 Å². The molecule has 31 heavy (non-hydrogen) atoms. The molecular weight excluding hydrogens is 405 g/mol. The molecule has 0 amide bonds. The Bertz CT molecular complexity index is 1140. The molecule has 0 saturated carbocycles. The number of alkyl halides is 3. The molecule has 1 saturated heterocycles. The number of aromatic hydroxyl groups is 1. The lowest BCUT2D eigenvalue weighted by Crippen LogP contribution is -2.38. The van der Waals surface area contributed by atoms with Crippen molar-refractivity contribution in [1.29, 1.82) is 0 Å². The van der Waals surface area contributed by atoms with E-state index in [-0.39, 0.29) is 22.7 Å². The summed E-state index contributed by atoms with van der Waals surface area (Å²) in [5.74, 6) is -0.565. The summed E-state index contributed by atoms with van der Waals surface area (Å²) in [7, 11) is 2.00. The number of nitrogens with zero attached hydrogens (tertiary/aromatic N) is 2. The van der Waals surface area contributed by atoms with Crippen LogP contribution in [0.3, 0.4) is 0 Å². The summed E-state index contributed by atoms with van der Waals surface area (Å²) < 4.78 is 40.8. The highest BCUT2D eigenvalue weighted by molar-refractivity contribution is 5.75. The van der Waals surface area contributed by atoms with Gasteiger partial charge in [0.2, 0.25) is 0 Å². The highest BCUT2D eigenvalue weighted by atomic mass is 19.4. The van der Waals surface area contributed by atoms with Gasteiger partial charge in [-0.1, -0.05) is 30.3 Å². The van der Waals surface area contributed by atoms with E-state index in [1.807, 2.05) is 43.6 Å². The molecule has 162 valence electrons. The maximum atomic E-state index is 13.4. The number of likely N-dealkylation sites (N-methyl/N-ethyl adjacent to an activating group) is 1. The number of phenols is 1. The summed E-state index contributed by atoms with van der Waals surface area (Å²) in [4.78, 5) is 15.6. The van der Waals surface area contributed by atoms with Crippen molar-refractivity contribution in [2.45, 2.75) is 25.1 Å². The normalized spacial score (nSPS) is 17.6. The number of hydrogen-bond acceptors (Lipinski definition) is 3. The Balaban J connectivity index is 1.89. The van der Waals surface area contributed by atoms with Gasteiger partial charge in [-0.2, -0.15) is 13.2 Å². The van der Waals surface area contributed by atoms with Crippen LogP contribution in [-0.4, -0.2) is 34.7 Å². The predicted molar refractivity (Wildman–Crippen MR) is 114 cm³/mol. The lowest BCUT2D eigenvalue weighted by Gasteiger charge is -2.31. The van der Waals surface area contributed by atoms with Gasteiger partial charge in [-0.3, -0.25) is 4.79 Å². The number of halogens is 3. The van der Waals surface area contributed by atoms with E-state index in [0.717, 1.165) is 36.6 Å². The number of piperidine rings is 1. The average molecular weight is 428 g/mol. The molecule has 4 nitrogen and oxygen atoms in total. The van der Waals surface area contributed by atoms with Gasteiger partial charge >= 0.3 is 6.18 Å². The predicted octanol–water partition coefficient (Wildman–Crippen LogP) is 5.17. The minimum absolute atomic E-state index is 0.0507. The Labute approximate surface area is 178 Å². The van der Waals surface area contributed by atoms with Gasteiger partial charge in [0.15, 0.2) is 0 Å². The van der Waals surface area contributed by atoms with E-state index < -0.39 is 17.5 Å². The van der Waals surface area contributed by atoms with Crippen LogP contribution in [-0.2, 0) is 6.18 Å². The van der Waals surface area contributed by atoms with E-state index in [4.69, 9.17) is 0 Å². The third-order valence-corrected chi connectivity index (χ3v) is 5.76. The first-order chi connectivity index (χ1) is 14.7. The lowest BCUT2D eigenvalue weighted by atomic mass is 9.98. The Hall–Kier alpha value is -3.06. The van der Waals surface area contributed by atoms with Crippen molar-refractivity contribution in [3.8, 4) is 28.0 Å². The van der Waals surface area contributed by atoms with Crippen molar-refractivity contribution in [3.05, 3.63) is 76.7 Å². The van der Waals surface area contributed by atoms with Crippen LogP contribution in [0.5, 0.6) is 5.75 Å². The van der Waals surface area contributed by atoms with Gasteiger partial charge in [-0.15, -0.1) is 0 Å². The van der Waals surface area contributed by atoms with Gasteiger partial charge in [-0.05, 0) is 61.8 Å². The summed E-state index contributed by atoms with van der Waals surface area (Å²) in [6.45, 7) is 1.66. The smallest absolute Gasteiger partial charge is 0.416 e. The Kier molecular flexibility index (Phi) is 5.62. The fourth-order valence-electron chi connectivity index (χ4n) is 4.16. The van der Waals surface area contributed by atoms with Gasteiger partial charge in [0, 0.05) is 24.3 Å². The second kappa shape index (κ2) is 8.23. The zero-order valence-corrected chi connectivity index (χ0v) is 17.1. The van der Waals surface area contributed by atoms with E-state index in [2.05, 4.69) is 4.90 Å². The molecule has 2 heterocycles. The second-order valence-corrected chi connectivity index (χ2v) is 8.01. The fraction of sp³-hybridized carbons (Fsp3) is 0.292. The second-order valence-electron chi connectivity index (χ2n) is 8.01. The number of rotatable bonds is 3. The Morgan fingerprint density at radius 3 is 2.39 bits per heavy atom. The van der Waals surface area contributed by atoms with Gasteiger partial charge in [0.25, 0.3) is 5.56 Å². The molecule has 1 fully saturated rings. The molecule has 1 aliphatic heterocycles. The Morgan fingerprint density at radius 1 is 1.00 bits per heavy atom. The molecule has 1 unspecified atom stereocenters. The first-order valence-electron chi connectivity index (χ1n) is 10.1. The fourth-order valence-corrected chi connectivity index (χ4v) is 4.16. The van der Waals surface area contributed by atoms with Crippen molar-refractivity contribution in [1.82, 2.24) is 9.47 Å². The van der Waals surface area contributed by atoms with Gasteiger partial charge < -0.3 is 14.6 Å². The van der Waals surface area contributed by atoms with E-state index >= 15 is 0 Å². The van der Waals surface area contributed by atoms with Crippen LogP contribution in [0.15, 0.2) is 65.6 Å². The van der Waals surface area contributed by atoms with Crippen LogP contribution in [0.2, 0.25) is 0 Å². The van der Waals surface area contributed by atoms with E-state index in [9.17, 15) is 23.1 Å². The molecule has 1 atom stereocenters. The van der Waals surface area contributed by atoms with E-state index in [0.29, 0.717) is 12.6 Å². The van der Waals surface area contributed by atoms with Gasteiger partial charge in [0.05, 0.1) is 11.1 Å². The van der Waals surface area contributed by atoms with Crippen LogP contribution < -0.4 is 5.56 Å². The van der Waals surface area contributed by atoms with E-state index in [1.54, 1.807) is 10.6 Å². The monoisotopic (exact) mass is 428 g/mol. The molecular formula is C24H23F3N2O2. The molecule has 4 rings (SSSR count). The summed E-state index contributed by atoms with van der Waals surface area (Å²) >= 11 is 0. The third kappa shape index (κ3) is 4.37. The van der Waals surface area contributed by atoms with Crippen molar-refractivity contribution in [3.63, 3.8) is 0 Å². The minimum Gasteiger partial charge on any atom is -0.507 e. The summed E-state index contributed by atoms with van der Waals surface area (Å²) in [5, 5.41) is 10.4. The van der Waals surface area contributed by atoms with Crippen molar-refractivity contribution >= 4 is 0 Å². The zero-order chi connectivity index (χ0) is 22.2. The van der Waals surface area contributed by atoms with Gasteiger partial charge in [0.1, 0.15) is 5.75 Å². The minimum atomic E-state index is -4.57. The molecule has 0 aliphatic carbocycles. The number of aromatic nitrogens is 1. The van der Waals surface area contributed by atoms with Crippen LogP contribution >= 0.6 is 0 Å². The highest BCUT2D eigenvalue weighted by Crippen LogP contribution is 2.37. The zero-order valence-electron chi connectivity index (χ0n) is 17.1. The molecule has 3 aromatic rings. The summed E-state index contributed by atoms with van der Waals surface area (Å²) in [6, 6.07) is 13.8. The third-order valence-electron chi connectivity index (χ3n) is 5.76.